The lowest BCUT2D eigenvalue weighted by Crippen LogP contribution is -2.47. The van der Waals surface area contributed by atoms with Gasteiger partial charge in [-0.3, -0.25) is 0 Å². The van der Waals surface area contributed by atoms with Crippen molar-refractivity contribution in [1.29, 1.82) is 0 Å². The van der Waals surface area contributed by atoms with E-state index in [0.29, 0.717) is 6.61 Å². The van der Waals surface area contributed by atoms with Crippen LogP contribution in [0, 0.1) is 0 Å². The highest BCUT2D eigenvalue weighted by Gasteiger charge is 2.41. The van der Waals surface area contributed by atoms with Crippen LogP contribution in [0.25, 0.3) is 0 Å². The van der Waals surface area contributed by atoms with E-state index in [0.717, 1.165) is 6.61 Å². The summed E-state index contributed by atoms with van der Waals surface area (Å²) in [5, 5.41) is 0. The van der Waals surface area contributed by atoms with Gasteiger partial charge in [0, 0.05) is 21.3 Å². The Morgan fingerprint density at radius 1 is 1.29 bits per heavy atom. The molecule has 0 aromatic carbocycles. The molecular formula is C6H16O6Si2. The third-order valence-corrected chi connectivity index (χ3v) is 5.56. The van der Waals surface area contributed by atoms with E-state index in [9.17, 15) is 0 Å². The van der Waals surface area contributed by atoms with Gasteiger partial charge in [-0.15, -0.1) is 0 Å². The first kappa shape index (κ1) is 12.3. The number of ether oxygens (including phenoxy) is 1. The van der Waals surface area contributed by atoms with Crippen LogP contribution in [-0.4, -0.2) is 59.7 Å². The summed E-state index contributed by atoms with van der Waals surface area (Å²) in [7, 11) is 0.498. The van der Waals surface area contributed by atoms with Crippen LogP contribution in [0.3, 0.4) is 0 Å². The third-order valence-electron chi connectivity index (χ3n) is 1.78. The van der Waals surface area contributed by atoms with Crippen LogP contribution in [0.15, 0.2) is 0 Å². The fourth-order valence-electron chi connectivity index (χ4n) is 0.884. The van der Waals surface area contributed by atoms with E-state index in [2.05, 4.69) is 0 Å². The van der Waals surface area contributed by atoms with Crippen molar-refractivity contribution >= 4 is 19.1 Å². The van der Waals surface area contributed by atoms with E-state index in [-0.39, 0.29) is 6.10 Å². The van der Waals surface area contributed by atoms with E-state index in [1.54, 1.807) is 0 Å². The van der Waals surface area contributed by atoms with Gasteiger partial charge in [0.2, 0.25) is 0 Å². The van der Waals surface area contributed by atoms with Gasteiger partial charge in [0.25, 0.3) is 10.0 Å². The van der Waals surface area contributed by atoms with Crippen molar-refractivity contribution in [1.82, 2.24) is 0 Å². The summed E-state index contributed by atoms with van der Waals surface area (Å²) in [5.41, 5.74) is 0. The van der Waals surface area contributed by atoms with Crippen molar-refractivity contribution < 1.29 is 26.6 Å². The topological polar surface area (TPSA) is 58.7 Å². The van der Waals surface area contributed by atoms with Gasteiger partial charge in [0.1, 0.15) is 6.10 Å². The predicted molar refractivity (Wildman–Crippen MR) is 52.1 cm³/mol. The molecule has 84 valence electrons. The maximum absolute atomic E-state index is 5.39. The number of epoxide rings is 1. The number of rotatable bonds is 8. The van der Waals surface area contributed by atoms with E-state index in [1.165, 1.54) is 21.3 Å². The molecule has 14 heavy (non-hydrogen) atoms. The molecule has 1 heterocycles. The summed E-state index contributed by atoms with van der Waals surface area (Å²) in [6, 6.07) is 0. The zero-order valence-corrected chi connectivity index (χ0v) is 11.1. The summed E-state index contributed by atoms with van der Waals surface area (Å²) in [6.07, 6.45) is 0.259. The zero-order chi connectivity index (χ0) is 10.4. The molecule has 1 atom stereocenters. The van der Waals surface area contributed by atoms with E-state index in [4.69, 9.17) is 26.6 Å². The van der Waals surface area contributed by atoms with Gasteiger partial charge in [0.15, 0.2) is 0 Å². The van der Waals surface area contributed by atoms with Crippen LogP contribution in [0.5, 0.6) is 0 Å². The molecule has 1 aliphatic heterocycles. The molecule has 1 rings (SSSR count). The van der Waals surface area contributed by atoms with Gasteiger partial charge < -0.3 is 26.6 Å². The molecule has 0 radical (unpaired) electrons. The highest BCUT2D eigenvalue weighted by atomic mass is 28.4. The average molecular weight is 240 g/mol. The van der Waals surface area contributed by atoms with Crippen LogP contribution in [0.2, 0.25) is 0 Å². The smallest absolute Gasteiger partial charge is 0.396 e. The van der Waals surface area contributed by atoms with Gasteiger partial charge in [-0.05, 0) is 0 Å². The lowest BCUT2D eigenvalue weighted by molar-refractivity contribution is 0.0434. The lowest BCUT2D eigenvalue weighted by Gasteiger charge is -2.22. The quantitative estimate of drug-likeness (QED) is 0.301. The van der Waals surface area contributed by atoms with Crippen molar-refractivity contribution in [3.8, 4) is 0 Å². The van der Waals surface area contributed by atoms with Crippen molar-refractivity contribution in [2.45, 2.75) is 6.10 Å². The summed E-state index contributed by atoms with van der Waals surface area (Å²) in [4.78, 5) is 0. The van der Waals surface area contributed by atoms with E-state index < -0.39 is 19.1 Å². The molecule has 0 bridgehead atoms. The minimum absolute atomic E-state index is 0.259. The second-order valence-electron chi connectivity index (χ2n) is 2.70. The molecule has 0 N–H and O–H groups in total. The molecule has 0 amide bonds. The Morgan fingerprint density at radius 2 is 1.86 bits per heavy atom. The largest absolute Gasteiger partial charge is 0.669 e. The Labute approximate surface area is 86.9 Å². The number of hydrogen-bond donors (Lipinski definition) is 0. The van der Waals surface area contributed by atoms with Crippen LogP contribution in [0.4, 0.5) is 0 Å². The predicted octanol–water partition coefficient (Wildman–Crippen LogP) is -1.21. The Morgan fingerprint density at radius 3 is 2.29 bits per heavy atom. The van der Waals surface area contributed by atoms with Gasteiger partial charge >= 0.3 is 9.05 Å². The second kappa shape index (κ2) is 5.93. The molecular weight excluding hydrogens is 224 g/mol. The zero-order valence-electron chi connectivity index (χ0n) is 8.65. The molecule has 1 fully saturated rings. The van der Waals surface area contributed by atoms with Crippen LogP contribution < -0.4 is 0 Å². The normalized spacial score (nSPS) is 22.1. The standard InChI is InChI=1S/C6H16O6Si2/c1-7-14(8-2,9-3)12-13-11-5-6-4-10-6/h6H,4-5,13H2,1-3H3. The second-order valence-corrected chi connectivity index (χ2v) is 6.72. The van der Waals surface area contributed by atoms with Gasteiger partial charge in [-0.1, -0.05) is 0 Å². The molecule has 8 heteroatoms. The SMILES string of the molecule is CO[Si](OC)(OC)O[SiH2]OCC1CO1. The van der Waals surface area contributed by atoms with Gasteiger partial charge in [0.05, 0.1) is 13.2 Å². The minimum atomic E-state index is -2.87. The van der Waals surface area contributed by atoms with Gasteiger partial charge in [-0.25, -0.2) is 0 Å². The Bertz CT molecular complexity index is 152. The highest BCUT2D eigenvalue weighted by Crippen LogP contribution is 2.10. The first-order valence-electron chi connectivity index (χ1n) is 4.25. The number of hydrogen-bond acceptors (Lipinski definition) is 6. The van der Waals surface area contributed by atoms with Crippen LogP contribution in [-0.2, 0) is 26.6 Å². The molecule has 0 spiro atoms. The van der Waals surface area contributed by atoms with E-state index >= 15 is 0 Å². The molecule has 6 nitrogen and oxygen atoms in total. The maximum atomic E-state index is 5.39. The third kappa shape index (κ3) is 3.75. The van der Waals surface area contributed by atoms with Crippen molar-refractivity contribution in [2.24, 2.45) is 0 Å². The molecule has 1 unspecified atom stereocenters. The fraction of sp³-hybridized carbons (Fsp3) is 1.00. The maximum Gasteiger partial charge on any atom is 0.669 e. The van der Waals surface area contributed by atoms with E-state index in [1.807, 2.05) is 0 Å². The van der Waals surface area contributed by atoms with Gasteiger partial charge in [-0.2, -0.15) is 0 Å². The Hall–Kier alpha value is 0.194. The van der Waals surface area contributed by atoms with Crippen molar-refractivity contribution in [3.05, 3.63) is 0 Å². The summed E-state index contributed by atoms with van der Waals surface area (Å²) in [5.74, 6) is 0. The molecule has 0 aromatic rings. The average Bonchev–Trinajstić information content (AvgIpc) is 3.03. The molecule has 1 aliphatic rings. The first-order valence-corrected chi connectivity index (χ1v) is 7.04. The monoisotopic (exact) mass is 240 g/mol. The molecule has 0 saturated carbocycles. The summed E-state index contributed by atoms with van der Waals surface area (Å²) >= 11 is 0. The fourth-order valence-corrected chi connectivity index (χ4v) is 4.07. The minimum Gasteiger partial charge on any atom is -0.396 e. The van der Waals surface area contributed by atoms with Crippen molar-refractivity contribution in [3.63, 3.8) is 0 Å². The first-order chi connectivity index (χ1) is 6.76. The van der Waals surface area contributed by atoms with Crippen molar-refractivity contribution in [2.75, 3.05) is 34.5 Å². The summed E-state index contributed by atoms with van der Waals surface area (Å²) in [6.45, 7) is 1.38. The Balaban J connectivity index is 2.11. The molecule has 0 aromatic heterocycles. The van der Waals surface area contributed by atoms with Crippen LogP contribution in [0.1, 0.15) is 0 Å². The lowest BCUT2D eigenvalue weighted by atomic mass is 10.5. The molecule has 1 saturated heterocycles. The highest BCUT2D eigenvalue weighted by molar-refractivity contribution is 6.58. The Kier molecular flexibility index (Phi) is 5.19. The summed E-state index contributed by atoms with van der Waals surface area (Å²) < 4.78 is 30.8. The molecule has 0 aliphatic carbocycles. The van der Waals surface area contributed by atoms with Crippen LogP contribution >= 0.6 is 0 Å².